The Hall–Kier alpha value is -3.91. The van der Waals surface area contributed by atoms with E-state index in [1.165, 1.54) is 23.1 Å². The maximum absolute atomic E-state index is 13.0. The summed E-state index contributed by atoms with van der Waals surface area (Å²) >= 11 is 3.76. The number of nitrogens with zero attached hydrogens (tertiary/aromatic N) is 1. The smallest absolute Gasteiger partial charge is 0.266 e. The third-order valence-electron chi connectivity index (χ3n) is 5.25. The van der Waals surface area contributed by atoms with Crippen molar-refractivity contribution in [2.75, 3.05) is 16.0 Å². The molecule has 37 heavy (non-hydrogen) atoms. The summed E-state index contributed by atoms with van der Waals surface area (Å²) in [6, 6.07) is 22.0. The third-order valence-corrected chi connectivity index (χ3v) is 8.42. The van der Waals surface area contributed by atoms with E-state index in [9.17, 15) is 19.6 Å². The number of nitriles is 1. The van der Waals surface area contributed by atoms with E-state index in [2.05, 4.69) is 22.0 Å². The SMILES string of the molecule is Cc1c(C(=O)Nc2ccccc2)sc(NC(=O)C(C)Sc2cccc(NC(=O)c3cccs3)c2)c1C#N. The second kappa shape index (κ2) is 11.9. The van der Waals surface area contributed by atoms with Crippen molar-refractivity contribution in [2.24, 2.45) is 0 Å². The Kier molecular flexibility index (Phi) is 8.40. The molecule has 7 nitrogen and oxygen atoms in total. The summed E-state index contributed by atoms with van der Waals surface area (Å²) < 4.78 is 0. The molecule has 0 spiro atoms. The fraction of sp³-hybridized carbons (Fsp3) is 0.111. The van der Waals surface area contributed by atoms with Crippen LogP contribution >= 0.6 is 34.4 Å². The summed E-state index contributed by atoms with van der Waals surface area (Å²) in [6.07, 6.45) is 0. The highest BCUT2D eigenvalue weighted by molar-refractivity contribution is 8.00. The molecule has 186 valence electrons. The molecule has 10 heteroatoms. The molecular weight excluding hydrogens is 525 g/mol. The number of para-hydroxylation sites is 1. The van der Waals surface area contributed by atoms with Crippen LogP contribution in [0.25, 0.3) is 0 Å². The van der Waals surface area contributed by atoms with Crippen LogP contribution < -0.4 is 16.0 Å². The molecular formula is C27H22N4O3S3. The van der Waals surface area contributed by atoms with Gasteiger partial charge in [-0.3, -0.25) is 14.4 Å². The van der Waals surface area contributed by atoms with Crippen LogP contribution in [0.1, 0.15) is 37.4 Å². The Labute approximate surface area is 226 Å². The lowest BCUT2D eigenvalue weighted by Crippen LogP contribution is -2.22. The van der Waals surface area contributed by atoms with Crippen LogP contribution in [0.4, 0.5) is 16.4 Å². The molecule has 3 N–H and O–H groups in total. The molecule has 0 radical (unpaired) electrons. The molecule has 0 aliphatic heterocycles. The van der Waals surface area contributed by atoms with Crippen LogP contribution in [0.15, 0.2) is 77.0 Å². The van der Waals surface area contributed by atoms with Gasteiger partial charge in [0.15, 0.2) is 0 Å². The Balaban J connectivity index is 1.42. The number of amides is 3. The number of nitrogens with one attached hydrogen (secondary N) is 3. The highest BCUT2D eigenvalue weighted by Gasteiger charge is 2.23. The van der Waals surface area contributed by atoms with E-state index in [1.54, 1.807) is 38.1 Å². The highest BCUT2D eigenvalue weighted by Crippen LogP contribution is 2.34. The number of carbonyl (C=O) groups is 3. The number of hydrogen-bond acceptors (Lipinski definition) is 7. The number of rotatable bonds is 8. The molecule has 0 aliphatic rings. The minimum atomic E-state index is -0.501. The number of anilines is 3. The zero-order chi connectivity index (χ0) is 26.4. The first-order valence-corrected chi connectivity index (χ1v) is 13.8. The van der Waals surface area contributed by atoms with Crippen molar-refractivity contribution >= 4 is 68.5 Å². The monoisotopic (exact) mass is 546 g/mol. The van der Waals surface area contributed by atoms with Gasteiger partial charge in [-0.1, -0.05) is 30.3 Å². The van der Waals surface area contributed by atoms with Gasteiger partial charge in [-0.25, -0.2) is 0 Å². The molecule has 2 aromatic heterocycles. The number of thioether (sulfide) groups is 1. The second-order valence-corrected chi connectivity index (χ2v) is 11.3. The molecule has 0 bridgehead atoms. The van der Waals surface area contributed by atoms with Crippen LogP contribution in [0.5, 0.6) is 0 Å². The number of benzene rings is 2. The normalized spacial score (nSPS) is 11.3. The fourth-order valence-electron chi connectivity index (χ4n) is 3.38. The van der Waals surface area contributed by atoms with E-state index in [0.29, 0.717) is 31.7 Å². The van der Waals surface area contributed by atoms with Gasteiger partial charge < -0.3 is 16.0 Å². The van der Waals surface area contributed by atoms with E-state index < -0.39 is 5.25 Å². The average molecular weight is 547 g/mol. The summed E-state index contributed by atoms with van der Waals surface area (Å²) in [5, 5.41) is 19.9. The summed E-state index contributed by atoms with van der Waals surface area (Å²) in [6.45, 7) is 3.45. The quantitative estimate of drug-likeness (QED) is 0.215. The van der Waals surface area contributed by atoms with Gasteiger partial charge in [0.1, 0.15) is 11.1 Å². The van der Waals surface area contributed by atoms with E-state index in [1.807, 2.05) is 47.8 Å². The van der Waals surface area contributed by atoms with Gasteiger partial charge in [0.25, 0.3) is 11.8 Å². The molecule has 4 rings (SSSR count). The second-order valence-electron chi connectivity index (χ2n) is 7.90. The van der Waals surface area contributed by atoms with Crippen molar-refractivity contribution in [3.8, 4) is 6.07 Å². The van der Waals surface area contributed by atoms with Gasteiger partial charge >= 0.3 is 0 Å². The lowest BCUT2D eigenvalue weighted by molar-refractivity contribution is -0.115. The van der Waals surface area contributed by atoms with Crippen LogP contribution in [-0.2, 0) is 4.79 Å². The lowest BCUT2D eigenvalue weighted by atomic mass is 10.1. The molecule has 0 aliphatic carbocycles. The van der Waals surface area contributed by atoms with E-state index in [4.69, 9.17) is 0 Å². The number of hydrogen-bond donors (Lipinski definition) is 3. The van der Waals surface area contributed by atoms with Crippen molar-refractivity contribution in [1.29, 1.82) is 5.26 Å². The van der Waals surface area contributed by atoms with Gasteiger partial charge in [0, 0.05) is 16.3 Å². The summed E-state index contributed by atoms with van der Waals surface area (Å²) in [5.41, 5.74) is 2.06. The van der Waals surface area contributed by atoms with Crippen LogP contribution in [0.3, 0.4) is 0 Å². The third kappa shape index (κ3) is 6.46. The first-order valence-electron chi connectivity index (χ1n) is 11.2. The Morgan fingerprint density at radius 2 is 1.65 bits per heavy atom. The predicted octanol–water partition coefficient (Wildman–Crippen LogP) is 6.61. The molecule has 3 amide bonds. The maximum Gasteiger partial charge on any atom is 0.266 e. The van der Waals surface area contributed by atoms with Crippen LogP contribution in [0, 0.1) is 18.3 Å². The van der Waals surface area contributed by atoms with Crippen LogP contribution in [0.2, 0.25) is 0 Å². The first kappa shape index (κ1) is 26.2. The van der Waals surface area contributed by atoms with Gasteiger partial charge in [0.05, 0.1) is 20.6 Å². The molecule has 4 aromatic rings. The molecule has 0 fully saturated rings. The molecule has 0 saturated carbocycles. The zero-order valence-corrected chi connectivity index (χ0v) is 22.4. The van der Waals surface area contributed by atoms with Crippen molar-refractivity contribution in [1.82, 2.24) is 0 Å². The Morgan fingerprint density at radius 3 is 2.35 bits per heavy atom. The largest absolute Gasteiger partial charge is 0.321 e. The number of thiophene rings is 2. The molecule has 1 atom stereocenters. The van der Waals surface area contributed by atoms with E-state index in [-0.39, 0.29) is 23.3 Å². The number of carbonyl (C=O) groups excluding carboxylic acids is 3. The molecule has 2 aromatic carbocycles. The van der Waals surface area contributed by atoms with E-state index >= 15 is 0 Å². The molecule has 2 heterocycles. The van der Waals surface area contributed by atoms with Gasteiger partial charge in [0.2, 0.25) is 5.91 Å². The lowest BCUT2D eigenvalue weighted by Gasteiger charge is -2.12. The van der Waals surface area contributed by atoms with Gasteiger partial charge in [-0.2, -0.15) is 5.26 Å². The summed E-state index contributed by atoms with van der Waals surface area (Å²) in [4.78, 5) is 39.9. The Morgan fingerprint density at radius 1 is 0.919 bits per heavy atom. The Bertz CT molecular complexity index is 1470. The predicted molar refractivity (Wildman–Crippen MR) is 151 cm³/mol. The zero-order valence-electron chi connectivity index (χ0n) is 19.9. The average Bonchev–Trinajstić information content (AvgIpc) is 3.53. The standard InChI is InChI=1S/C27H22N4O3S3/c1-16-21(15-28)27(37-23(16)26(34)29-18-8-4-3-5-9-18)31-24(32)17(2)36-20-11-6-10-19(14-20)30-25(33)22-12-7-13-35-22/h3-14,17H,1-2H3,(H,29,34)(H,30,33)(H,31,32). The minimum Gasteiger partial charge on any atom is -0.321 e. The van der Waals surface area contributed by atoms with Crippen molar-refractivity contribution < 1.29 is 14.4 Å². The van der Waals surface area contributed by atoms with Crippen molar-refractivity contribution in [2.45, 2.75) is 24.0 Å². The maximum atomic E-state index is 13.0. The van der Waals surface area contributed by atoms with Crippen LogP contribution in [-0.4, -0.2) is 23.0 Å². The summed E-state index contributed by atoms with van der Waals surface area (Å²) in [7, 11) is 0. The highest BCUT2D eigenvalue weighted by atomic mass is 32.2. The van der Waals surface area contributed by atoms with E-state index in [0.717, 1.165) is 16.2 Å². The fourth-order valence-corrected chi connectivity index (χ4v) is 5.98. The van der Waals surface area contributed by atoms with Gasteiger partial charge in [-0.05, 0) is 61.2 Å². The molecule has 1 unspecified atom stereocenters. The summed E-state index contributed by atoms with van der Waals surface area (Å²) in [5.74, 6) is -0.826. The van der Waals surface area contributed by atoms with Crippen molar-refractivity contribution in [3.63, 3.8) is 0 Å². The minimum absolute atomic E-state index is 0.188. The first-order chi connectivity index (χ1) is 17.9. The topological polar surface area (TPSA) is 111 Å². The molecule has 0 saturated heterocycles. The van der Waals surface area contributed by atoms with Gasteiger partial charge in [-0.15, -0.1) is 34.4 Å². The van der Waals surface area contributed by atoms with Crippen molar-refractivity contribution in [3.05, 3.63) is 93.0 Å².